The fourth-order valence-corrected chi connectivity index (χ4v) is 4.84. The lowest BCUT2D eigenvalue weighted by Gasteiger charge is -2.42. The molecule has 0 bridgehead atoms. The van der Waals surface area contributed by atoms with Gasteiger partial charge in [0.2, 0.25) is 5.91 Å². The van der Waals surface area contributed by atoms with Crippen LogP contribution in [-0.2, 0) is 14.6 Å². The van der Waals surface area contributed by atoms with E-state index in [1.54, 1.807) is 29.2 Å². The maximum atomic E-state index is 14.3. The number of hydrogen-bond acceptors (Lipinski definition) is 6. The molecule has 1 saturated heterocycles. The monoisotopic (exact) mass is 519 g/mol. The summed E-state index contributed by atoms with van der Waals surface area (Å²) < 4.78 is 42.7. The number of ether oxygens (including phenoxy) is 1. The number of methoxy groups -OCH3 is 1. The summed E-state index contributed by atoms with van der Waals surface area (Å²) in [4.78, 5) is 28.1. The van der Waals surface area contributed by atoms with Gasteiger partial charge in [-0.2, -0.15) is 0 Å². The molecule has 1 atom stereocenters. The standard InChI is InChI=1S/C26H34FN3O5S/c1-17(2)23(28-24(31)21-16-19(35-4)8-11-22(21)27)25(32)30-14-12-26(3,13-15-30)29-18-6-9-20(10-7-18)36(5,33)34/h6-11,16-17,23,29H,12-15H2,1-5H3,(H,28,31)/t23-/m1/s1. The molecule has 1 fully saturated rings. The van der Waals surface area contributed by atoms with Crippen LogP contribution in [-0.4, -0.2) is 63.2 Å². The Labute approximate surface area is 212 Å². The van der Waals surface area contributed by atoms with Gasteiger partial charge in [-0.1, -0.05) is 13.8 Å². The number of amides is 2. The predicted molar refractivity (Wildman–Crippen MR) is 136 cm³/mol. The molecule has 1 heterocycles. The first-order chi connectivity index (χ1) is 16.8. The molecule has 3 rings (SSSR count). The van der Waals surface area contributed by atoms with Gasteiger partial charge in [0.1, 0.15) is 17.6 Å². The number of carbonyl (C=O) groups is 2. The lowest BCUT2D eigenvalue weighted by atomic mass is 9.88. The quantitative estimate of drug-likeness (QED) is 0.553. The van der Waals surface area contributed by atoms with E-state index in [4.69, 9.17) is 4.74 Å². The van der Waals surface area contributed by atoms with Crippen molar-refractivity contribution in [3.63, 3.8) is 0 Å². The lowest BCUT2D eigenvalue weighted by Crippen LogP contribution is -2.56. The molecule has 2 aromatic rings. The van der Waals surface area contributed by atoms with Crippen molar-refractivity contribution in [2.75, 3.05) is 31.8 Å². The first-order valence-electron chi connectivity index (χ1n) is 11.8. The van der Waals surface area contributed by atoms with Crippen LogP contribution in [0.15, 0.2) is 47.4 Å². The first-order valence-corrected chi connectivity index (χ1v) is 13.7. The molecule has 196 valence electrons. The zero-order valence-electron chi connectivity index (χ0n) is 21.3. The molecular weight excluding hydrogens is 485 g/mol. The van der Waals surface area contributed by atoms with Crippen LogP contribution in [0.2, 0.25) is 0 Å². The molecule has 36 heavy (non-hydrogen) atoms. The summed E-state index contributed by atoms with van der Waals surface area (Å²) in [5, 5.41) is 6.17. The molecule has 2 aromatic carbocycles. The van der Waals surface area contributed by atoms with Crippen molar-refractivity contribution in [2.24, 2.45) is 5.92 Å². The van der Waals surface area contributed by atoms with Crippen LogP contribution in [0.1, 0.15) is 44.0 Å². The third kappa shape index (κ3) is 6.54. The van der Waals surface area contributed by atoms with E-state index in [1.807, 2.05) is 13.8 Å². The fourth-order valence-electron chi connectivity index (χ4n) is 4.21. The van der Waals surface area contributed by atoms with Crippen molar-refractivity contribution in [3.8, 4) is 5.75 Å². The van der Waals surface area contributed by atoms with Crippen LogP contribution in [0.25, 0.3) is 0 Å². The average molecular weight is 520 g/mol. The van der Waals surface area contributed by atoms with E-state index in [2.05, 4.69) is 17.6 Å². The van der Waals surface area contributed by atoms with Gasteiger partial charge in [0.15, 0.2) is 9.84 Å². The van der Waals surface area contributed by atoms with E-state index in [0.717, 1.165) is 11.8 Å². The number of carbonyl (C=O) groups excluding carboxylic acids is 2. The van der Waals surface area contributed by atoms with Crippen LogP contribution in [0.5, 0.6) is 5.75 Å². The maximum absolute atomic E-state index is 14.3. The number of rotatable bonds is 8. The van der Waals surface area contributed by atoms with E-state index >= 15 is 0 Å². The van der Waals surface area contributed by atoms with Gasteiger partial charge in [0, 0.05) is 30.6 Å². The molecule has 8 nitrogen and oxygen atoms in total. The van der Waals surface area contributed by atoms with Crippen molar-refractivity contribution >= 4 is 27.3 Å². The summed E-state index contributed by atoms with van der Waals surface area (Å²) in [5.74, 6) is -1.41. The molecule has 0 aromatic heterocycles. The number of piperidine rings is 1. The van der Waals surface area contributed by atoms with Crippen molar-refractivity contribution in [1.82, 2.24) is 10.2 Å². The second-order valence-corrected chi connectivity index (χ2v) is 11.9. The molecule has 0 aliphatic carbocycles. The second kappa shape index (κ2) is 10.9. The number of hydrogen-bond donors (Lipinski definition) is 2. The Morgan fingerprint density at radius 2 is 1.69 bits per heavy atom. The molecule has 2 N–H and O–H groups in total. The van der Waals surface area contributed by atoms with Gasteiger partial charge in [0.05, 0.1) is 17.6 Å². The van der Waals surface area contributed by atoms with Gasteiger partial charge in [0.25, 0.3) is 5.91 Å². The maximum Gasteiger partial charge on any atom is 0.255 e. The Kier molecular flexibility index (Phi) is 8.28. The average Bonchev–Trinajstić information content (AvgIpc) is 2.82. The summed E-state index contributed by atoms with van der Waals surface area (Å²) in [5.41, 5.74) is 0.339. The van der Waals surface area contributed by atoms with Crippen molar-refractivity contribution < 1.29 is 27.1 Å². The largest absolute Gasteiger partial charge is 0.497 e. The third-order valence-electron chi connectivity index (χ3n) is 6.54. The Morgan fingerprint density at radius 1 is 1.08 bits per heavy atom. The van der Waals surface area contributed by atoms with Crippen LogP contribution >= 0.6 is 0 Å². The SMILES string of the molecule is COc1ccc(F)c(C(=O)N[C@@H](C(=O)N2CCC(C)(Nc3ccc(S(C)(=O)=O)cc3)CC2)C(C)C)c1. The highest BCUT2D eigenvalue weighted by atomic mass is 32.2. The second-order valence-electron chi connectivity index (χ2n) is 9.85. The van der Waals surface area contributed by atoms with E-state index < -0.39 is 27.6 Å². The van der Waals surface area contributed by atoms with Crippen LogP contribution in [0, 0.1) is 11.7 Å². The molecular formula is C26H34FN3O5S. The van der Waals surface area contributed by atoms with Crippen LogP contribution in [0.3, 0.4) is 0 Å². The summed E-state index contributed by atoms with van der Waals surface area (Å²) >= 11 is 0. The molecule has 1 aliphatic rings. The minimum atomic E-state index is -3.26. The lowest BCUT2D eigenvalue weighted by molar-refractivity contribution is -0.135. The highest BCUT2D eigenvalue weighted by Crippen LogP contribution is 2.28. The first kappa shape index (κ1) is 27.4. The summed E-state index contributed by atoms with van der Waals surface area (Å²) in [7, 11) is -1.83. The fraction of sp³-hybridized carbons (Fsp3) is 0.462. The number of halogens is 1. The van der Waals surface area contributed by atoms with E-state index in [9.17, 15) is 22.4 Å². The summed E-state index contributed by atoms with van der Waals surface area (Å²) in [6.45, 7) is 6.69. The van der Waals surface area contributed by atoms with E-state index in [-0.39, 0.29) is 27.8 Å². The number of anilines is 1. The van der Waals surface area contributed by atoms with Gasteiger partial charge in [-0.05, 0) is 68.1 Å². The Bertz CT molecular complexity index is 1210. The highest BCUT2D eigenvalue weighted by molar-refractivity contribution is 7.90. The smallest absolute Gasteiger partial charge is 0.255 e. The molecule has 0 unspecified atom stereocenters. The molecule has 0 spiro atoms. The van der Waals surface area contributed by atoms with Gasteiger partial charge < -0.3 is 20.3 Å². The number of likely N-dealkylation sites (tertiary alicyclic amines) is 1. The molecule has 0 radical (unpaired) electrons. The minimum absolute atomic E-state index is 0.176. The zero-order valence-corrected chi connectivity index (χ0v) is 22.1. The molecule has 0 saturated carbocycles. The number of nitrogens with zero attached hydrogens (tertiary/aromatic N) is 1. The molecule has 10 heteroatoms. The number of benzene rings is 2. The normalized spacial score (nSPS) is 16.4. The Balaban J connectivity index is 1.64. The van der Waals surface area contributed by atoms with Gasteiger partial charge in [-0.3, -0.25) is 9.59 Å². The van der Waals surface area contributed by atoms with Crippen LogP contribution in [0.4, 0.5) is 10.1 Å². The topological polar surface area (TPSA) is 105 Å². The molecule has 2 amide bonds. The van der Waals surface area contributed by atoms with Crippen molar-refractivity contribution in [2.45, 2.75) is 50.1 Å². The van der Waals surface area contributed by atoms with Gasteiger partial charge in [-0.25, -0.2) is 12.8 Å². The summed E-state index contributed by atoms with van der Waals surface area (Å²) in [6, 6.07) is 9.71. The predicted octanol–water partition coefficient (Wildman–Crippen LogP) is 3.49. The third-order valence-corrected chi connectivity index (χ3v) is 7.67. The summed E-state index contributed by atoms with van der Waals surface area (Å²) in [6.07, 6.45) is 2.50. The van der Waals surface area contributed by atoms with Gasteiger partial charge in [-0.15, -0.1) is 0 Å². The Hall–Kier alpha value is -3.14. The van der Waals surface area contributed by atoms with Crippen molar-refractivity contribution in [1.29, 1.82) is 0 Å². The number of sulfone groups is 1. The van der Waals surface area contributed by atoms with Crippen LogP contribution < -0.4 is 15.4 Å². The van der Waals surface area contributed by atoms with E-state index in [1.165, 1.54) is 25.5 Å². The Morgan fingerprint density at radius 3 is 2.22 bits per heavy atom. The zero-order chi connectivity index (χ0) is 26.7. The molecule has 1 aliphatic heterocycles. The van der Waals surface area contributed by atoms with Crippen molar-refractivity contribution in [3.05, 3.63) is 53.8 Å². The number of nitrogens with one attached hydrogen (secondary N) is 2. The van der Waals surface area contributed by atoms with Gasteiger partial charge >= 0.3 is 0 Å². The highest BCUT2D eigenvalue weighted by Gasteiger charge is 2.36. The van der Waals surface area contributed by atoms with E-state index in [0.29, 0.717) is 31.7 Å². The minimum Gasteiger partial charge on any atom is -0.497 e.